The number of aromatic amines is 1. The summed E-state index contributed by atoms with van der Waals surface area (Å²) in [7, 11) is 0. The van der Waals surface area contributed by atoms with Crippen molar-refractivity contribution in [1.82, 2.24) is 19.9 Å². The minimum Gasteiger partial charge on any atom is -0.492 e. The number of aromatic nitrogens is 3. The molecule has 0 spiro atoms. The quantitative estimate of drug-likeness (QED) is 0.391. The number of fused-ring (bicyclic) bond motifs is 3. The van der Waals surface area contributed by atoms with Crippen molar-refractivity contribution >= 4 is 32.8 Å². The van der Waals surface area contributed by atoms with Crippen LogP contribution < -0.4 is 9.64 Å². The molecule has 4 heterocycles. The topological polar surface area (TPSA) is 66.5 Å². The molecule has 2 aliphatic rings. The van der Waals surface area contributed by atoms with Gasteiger partial charge in [-0.15, -0.1) is 0 Å². The fraction of sp³-hybridized carbons (Fsp3) is 0.333. The number of hydrogen-bond acceptors (Lipinski definition) is 6. The van der Waals surface area contributed by atoms with Gasteiger partial charge in [0.05, 0.1) is 19.3 Å². The number of anilines is 1. The Morgan fingerprint density at radius 1 is 1.03 bits per heavy atom. The molecule has 1 unspecified atom stereocenters. The Labute approximate surface area is 213 Å². The van der Waals surface area contributed by atoms with Gasteiger partial charge in [0.25, 0.3) is 0 Å². The van der Waals surface area contributed by atoms with Gasteiger partial charge in [0.2, 0.25) is 5.95 Å². The summed E-state index contributed by atoms with van der Waals surface area (Å²) < 4.78 is 12.6. The van der Waals surface area contributed by atoms with Gasteiger partial charge in [-0.25, -0.2) is 9.97 Å². The fourth-order valence-electron chi connectivity index (χ4n) is 5.13. The number of halogens is 1. The largest absolute Gasteiger partial charge is 0.492 e. The maximum absolute atomic E-state index is 6.06. The van der Waals surface area contributed by atoms with Crippen LogP contribution in [0.1, 0.15) is 22.9 Å². The Bertz CT molecular complexity index is 1290. The van der Waals surface area contributed by atoms with E-state index in [1.54, 1.807) is 0 Å². The average molecular weight is 534 g/mol. The second-order valence-corrected chi connectivity index (χ2v) is 9.89. The summed E-state index contributed by atoms with van der Waals surface area (Å²) in [5.74, 6) is 1.63. The average Bonchev–Trinajstić information content (AvgIpc) is 3.27. The first-order valence-electron chi connectivity index (χ1n) is 12.1. The first kappa shape index (κ1) is 22.5. The van der Waals surface area contributed by atoms with Gasteiger partial charge in [0.1, 0.15) is 12.4 Å². The second-order valence-electron chi connectivity index (χ2n) is 8.97. The van der Waals surface area contributed by atoms with Crippen molar-refractivity contribution in [3.63, 3.8) is 0 Å². The maximum Gasteiger partial charge on any atom is 0.226 e. The lowest BCUT2D eigenvalue weighted by Gasteiger charge is -2.36. The number of hydrogen-bond donors (Lipinski definition) is 1. The number of morpholine rings is 1. The zero-order valence-corrected chi connectivity index (χ0v) is 21.1. The smallest absolute Gasteiger partial charge is 0.226 e. The minimum atomic E-state index is -0.00488. The van der Waals surface area contributed by atoms with E-state index < -0.39 is 0 Å². The molecule has 1 fully saturated rings. The highest BCUT2D eigenvalue weighted by atomic mass is 79.9. The maximum atomic E-state index is 6.06. The third-order valence-electron chi connectivity index (χ3n) is 6.87. The molecule has 1 saturated heterocycles. The molecule has 2 aromatic heterocycles. The van der Waals surface area contributed by atoms with Crippen LogP contribution in [-0.2, 0) is 11.2 Å². The highest BCUT2D eigenvalue weighted by Crippen LogP contribution is 2.40. The molecule has 1 N–H and O–H groups in total. The Morgan fingerprint density at radius 3 is 2.63 bits per heavy atom. The third kappa shape index (κ3) is 4.66. The molecule has 0 amide bonds. The monoisotopic (exact) mass is 533 g/mol. The van der Waals surface area contributed by atoms with Gasteiger partial charge < -0.3 is 19.4 Å². The molecule has 2 aromatic carbocycles. The number of benzene rings is 2. The van der Waals surface area contributed by atoms with Crippen molar-refractivity contribution in [3.05, 3.63) is 82.2 Å². The molecule has 0 radical (unpaired) electrons. The van der Waals surface area contributed by atoms with Gasteiger partial charge in [-0.2, -0.15) is 0 Å². The van der Waals surface area contributed by atoms with Crippen molar-refractivity contribution < 1.29 is 9.47 Å². The normalized spacial score (nSPS) is 18.5. The van der Waals surface area contributed by atoms with Gasteiger partial charge in [-0.3, -0.25) is 4.90 Å². The van der Waals surface area contributed by atoms with Gasteiger partial charge >= 0.3 is 0 Å². The van der Waals surface area contributed by atoms with Crippen LogP contribution in [0, 0.1) is 0 Å². The van der Waals surface area contributed by atoms with E-state index in [0.29, 0.717) is 6.61 Å². The summed E-state index contributed by atoms with van der Waals surface area (Å²) in [4.78, 5) is 17.5. The van der Waals surface area contributed by atoms with E-state index in [1.165, 1.54) is 22.2 Å². The lowest BCUT2D eigenvalue weighted by atomic mass is 9.92. The van der Waals surface area contributed by atoms with Crippen molar-refractivity contribution in [2.24, 2.45) is 0 Å². The van der Waals surface area contributed by atoms with Crippen molar-refractivity contribution in [2.75, 3.05) is 50.9 Å². The van der Waals surface area contributed by atoms with Crippen LogP contribution in [0.2, 0.25) is 0 Å². The molecular formula is C27H28BrN5O2. The van der Waals surface area contributed by atoms with Crippen LogP contribution in [-0.4, -0.2) is 65.9 Å². The standard InChI is InChI=1S/C27H28BrN5O2/c28-20-4-7-24-23(18-20)22-8-11-33(27-29-9-1-10-30-27)26(25(22)31-24)19-2-5-21(6-3-19)35-17-14-32-12-15-34-16-13-32/h1-7,9-10,18,26,31H,8,11-17H2. The highest BCUT2D eigenvalue weighted by molar-refractivity contribution is 9.10. The van der Waals surface area contributed by atoms with E-state index in [0.717, 1.165) is 67.5 Å². The number of H-pyrrole nitrogens is 1. The van der Waals surface area contributed by atoms with Gasteiger partial charge in [0, 0.05) is 59.6 Å². The van der Waals surface area contributed by atoms with E-state index in [2.05, 4.69) is 83.1 Å². The second kappa shape index (κ2) is 9.97. The predicted molar refractivity (Wildman–Crippen MR) is 140 cm³/mol. The summed E-state index contributed by atoms with van der Waals surface area (Å²) >= 11 is 3.64. The molecule has 2 aliphatic heterocycles. The fourth-order valence-corrected chi connectivity index (χ4v) is 5.49. The van der Waals surface area contributed by atoms with Crippen molar-refractivity contribution in [3.8, 4) is 5.75 Å². The zero-order valence-electron chi connectivity index (χ0n) is 19.5. The van der Waals surface area contributed by atoms with Gasteiger partial charge in [0.15, 0.2) is 0 Å². The molecule has 0 saturated carbocycles. The lowest BCUT2D eigenvalue weighted by Crippen LogP contribution is -2.38. The molecule has 7 nitrogen and oxygen atoms in total. The summed E-state index contributed by atoms with van der Waals surface area (Å²) in [6, 6.07) is 16.8. The molecule has 8 heteroatoms. The van der Waals surface area contributed by atoms with Crippen molar-refractivity contribution in [2.45, 2.75) is 12.5 Å². The molecule has 180 valence electrons. The van der Waals surface area contributed by atoms with Crippen LogP contribution >= 0.6 is 15.9 Å². The summed E-state index contributed by atoms with van der Waals surface area (Å²) in [5, 5.41) is 1.27. The highest BCUT2D eigenvalue weighted by Gasteiger charge is 2.33. The van der Waals surface area contributed by atoms with Crippen LogP contribution in [0.5, 0.6) is 5.75 Å². The van der Waals surface area contributed by atoms with Crippen LogP contribution in [0.25, 0.3) is 10.9 Å². The Morgan fingerprint density at radius 2 is 1.83 bits per heavy atom. The molecule has 6 rings (SSSR count). The molecular weight excluding hydrogens is 506 g/mol. The van der Waals surface area contributed by atoms with Gasteiger partial charge in [-0.1, -0.05) is 28.1 Å². The summed E-state index contributed by atoms with van der Waals surface area (Å²) in [6.45, 7) is 6.01. The summed E-state index contributed by atoms with van der Waals surface area (Å²) in [6.07, 6.45) is 4.55. The van der Waals surface area contributed by atoms with Gasteiger partial charge in [-0.05, 0) is 53.9 Å². The molecule has 1 atom stereocenters. The number of ether oxygens (including phenoxy) is 2. The molecule has 4 aromatic rings. The first-order valence-corrected chi connectivity index (χ1v) is 12.9. The number of nitrogens with one attached hydrogen (secondary N) is 1. The first-order chi connectivity index (χ1) is 17.3. The number of rotatable bonds is 6. The Balaban J connectivity index is 1.29. The minimum absolute atomic E-state index is 0.00488. The zero-order chi connectivity index (χ0) is 23.6. The number of nitrogens with zero attached hydrogens (tertiary/aromatic N) is 4. The van der Waals surface area contributed by atoms with Crippen LogP contribution in [0.4, 0.5) is 5.95 Å². The van der Waals surface area contributed by atoms with E-state index in [9.17, 15) is 0 Å². The molecule has 0 bridgehead atoms. The third-order valence-corrected chi connectivity index (χ3v) is 7.37. The van der Waals surface area contributed by atoms with E-state index in [4.69, 9.17) is 9.47 Å². The Kier molecular flexibility index (Phi) is 6.41. The van der Waals surface area contributed by atoms with E-state index >= 15 is 0 Å². The van der Waals surface area contributed by atoms with Crippen LogP contribution in [0.15, 0.2) is 65.4 Å². The summed E-state index contributed by atoms with van der Waals surface area (Å²) in [5.41, 5.74) is 4.91. The SMILES string of the molecule is Brc1ccc2[nH]c3c(c2c1)CCN(c1ncccn1)C3c1ccc(OCCN2CCOCC2)cc1. The van der Waals surface area contributed by atoms with E-state index in [1.807, 2.05) is 18.5 Å². The molecule has 35 heavy (non-hydrogen) atoms. The van der Waals surface area contributed by atoms with E-state index in [-0.39, 0.29) is 6.04 Å². The Hall–Kier alpha value is -2.94. The lowest BCUT2D eigenvalue weighted by molar-refractivity contribution is 0.0322. The predicted octanol–water partition coefficient (Wildman–Crippen LogP) is 4.58. The van der Waals surface area contributed by atoms with Crippen LogP contribution in [0.3, 0.4) is 0 Å². The molecule has 0 aliphatic carbocycles. The van der Waals surface area contributed by atoms with Crippen molar-refractivity contribution in [1.29, 1.82) is 0 Å².